The largest absolute Gasteiger partial charge is 0.279 e. The molecule has 2 heterocycles. The second-order valence-electron chi connectivity index (χ2n) is 4.39. The molecule has 102 valence electrons. The third-order valence-electron chi connectivity index (χ3n) is 2.93. The van der Waals surface area contributed by atoms with Gasteiger partial charge in [0.1, 0.15) is 11.3 Å². The maximum absolute atomic E-state index is 6.23. The molecule has 6 heteroatoms. The van der Waals surface area contributed by atoms with Crippen LogP contribution in [-0.4, -0.2) is 14.5 Å². The summed E-state index contributed by atoms with van der Waals surface area (Å²) in [5.41, 5.74) is 2.35. The quantitative estimate of drug-likeness (QED) is 0.619. The maximum Gasteiger partial charge on any atom is 0.164 e. The van der Waals surface area contributed by atoms with Crippen molar-refractivity contribution in [2.75, 3.05) is 0 Å². The zero-order chi connectivity index (χ0) is 14.3. The summed E-state index contributed by atoms with van der Waals surface area (Å²) >= 11 is 18.1. The van der Waals surface area contributed by atoms with Gasteiger partial charge in [0.25, 0.3) is 0 Å². The molecule has 0 fully saturated rings. The summed E-state index contributed by atoms with van der Waals surface area (Å²) in [6.45, 7) is 1.87. The first-order valence-electron chi connectivity index (χ1n) is 6.00. The number of rotatable bonds is 2. The number of fused-ring (bicyclic) bond motifs is 1. The van der Waals surface area contributed by atoms with Crippen LogP contribution < -0.4 is 0 Å². The van der Waals surface area contributed by atoms with E-state index in [9.17, 15) is 0 Å². The molecule has 0 aliphatic carbocycles. The molecule has 0 N–H and O–H groups in total. The number of hydrogen-bond acceptors (Lipinski definition) is 2. The maximum atomic E-state index is 6.23. The number of alkyl halides is 1. The van der Waals surface area contributed by atoms with E-state index < -0.39 is 0 Å². The van der Waals surface area contributed by atoms with Gasteiger partial charge in [0, 0.05) is 16.9 Å². The van der Waals surface area contributed by atoms with Gasteiger partial charge in [0.2, 0.25) is 0 Å². The van der Waals surface area contributed by atoms with Crippen molar-refractivity contribution < 1.29 is 0 Å². The number of nitrogens with zero attached hydrogens (tertiary/aromatic N) is 3. The van der Waals surface area contributed by atoms with E-state index in [0.29, 0.717) is 10.0 Å². The van der Waals surface area contributed by atoms with Gasteiger partial charge in [-0.15, -0.1) is 11.6 Å². The Morgan fingerprint density at radius 2 is 1.80 bits per heavy atom. The highest BCUT2D eigenvalue weighted by Crippen LogP contribution is 2.28. The van der Waals surface area contributed by atoms with Gasteiger partial charge in [-0.25, -0.2) is 9.97 Å². The van der Waals surface area contributed by atoms with Crippen molar-refractivity contribution in [3.8, 4) is 5.69 Å². The molecule has 0 bridgehead atoms. The SMILES string of the molecule is CC(Cl)c1nc2cc(Cl)cnc2n1-c1ccc(Cl)cc1. The molecule has 0 spiro atoms. The zero-order valence-corrected chi connectivity index (χ0v) is 12.8. The molecule has 1 aromatic carbocycles. The van der Waals surface area contributed by atoms with Crippen molar-refractivity contribution >= 4 is 46.0 Å². The van der Waals surface area contributed by atoms with Crippen LogP contribution >= 0.6 is 34.8 Å². The highest BCUT2D eigenvalue weighted by Gasteiger charge is 2.17. The molecule has 3 rings (SSSR count). The highest BCUT2D eigenvalue weighted by atomic mass is 35.5. The Balaban J connectivity index is 2.31. The Kier molecular flexibility index (Phi) is 3.59. The molecule has 0 amide bonds. The molecule has 0 aliphatic heterocycles. The van der Waals surface area contributed by atoms with Crippen LogP contribution in [0.25, 0.3) is 16.9 Å². The lowest BCUT2D eigenvalue weighted by Crippen LogP contribution is -2.02. The minimum Gasteiger partial charge on any atom is -0.279 e. The molecule has 0 saturated heterocycles. The minimum atomic E-state index is -0.251. The van der Waals surface area contributed by atoms with E-state index in [1.54, 1.807) is 12.3 Å². The fourth-order valence-electron chi connectivity index (χ4n) is 2.07. The Bertz CT molecular complexity index is 763. The van der Waals surface area contributed by atoms with Crippen molar-refractivity contribution in [3.05, 3.63) is 52.4 Å². The summed E-state index contributed by atoms with van der Waals surface area (Å²) in [7, 11) is 0. The van der Waals surface area contributed by atoms with Gasteiger partial charge < -0.3 is 0 Å². The smallest absolute Gasteiger partial charge is 0.164 e. The summed E-state index contributed by atoms with van der Waals surface area (Å²) in [5, 5.41) is 0.973. The molecule has 2 aromatic heterocycles. The van der Waals surface area contributed by atoms with E-state index in [1.165, 1.54) is 0 Å². The van der Waals surface area contributed by atoms with Crippen LogP contribution in [0.3, 0.4) is 0 Å². The van der Waals surface area contributed by atoms with Gasteiger partial charge in [-0.1, -0.05) is 23.2 Å². The van der Waals surface area contributed by atoms with Crippen molar-refractivity contribution in [1.82, 2.24) is 14.5 Å². The zero-order valence-electron chi connectivity index (χ0n) is 10.5. The number of aromatic nitrogens is 3. The first-order chi connectivity index (χ1) is 9.56. The molecular weight excluding hydrogens is 317 g/mol. The normalized spacial score (nSPS) is 12.8. The molecule has 1 atom stereocenters. The monoisotopic (exact) mass is 325 g/mol. The molecule has 1 unspecified atom stereocenters. The first kappa shape index (κ1) is 13.7. The van der Waals surface area contributed by atoms with E-state index in [-0.39, 0.29) is 5.38 Å². The highest BCUT2D eigenvalue weighted by molar-refractivity contribution is 6.31. The molecule has 3 aromatic rings. The minimum absolute atomic E-state index is 0.251. The van der Waals surface area contributed by atoms with Crippen molar-refractivity contribution in [2.45, 2.75) is 12.3 Å². The summed E-state index contributed by atoms with van der Waals surface area (Å²) in [6, 6.07) is 9.23. The van der Waals surface area contributed by atoms with Crippen LogP contribution in [-0.2, 0) is 0 Å². The van der Waals surface area contributed by atoms with Gasteiger partial charge in [0.15, 0.2) is 5.65 Å². The van der Waals surface area contributed by atoms with E-state index in [2.05, 4.69) is 9.97 Å². The second-order valence-corrected chi connectivity index (χ2v) is 5.92. The summed E-state index contributed by atoms with van der Waals surface area (Å²) in [6.07, 6.45) is 1.60. The van der Waals surface area contributed by atoms with E-state index >= 15 is 0 Å². The second kappa shape index (κ2) is 5.24. The lowest BCUT2D eigenvalue weighted by Gasteiger charge is -2.09. The third-order valence-corrected chi connectivity index (χ3v) is 3.58. The van der Waals surface area contributed by atoms with Crippen LogP contribution in [0.4, 0.5) is 0 Å². The number of benzene rings is 1. The van der Waals surface area contributed by atoms with Crippen molar-refractivity contribution in [3.63, 3.8) is 0 Å². The number of halogens is 3. The lowest BCUT2D eigenvalue weighted by molar-refractivity contribution is 0.877. The molecule has 20 heavy (non-hydrogen) atoms. The first-order valence-corrected chi connectivity index (χ1v) is 7.19. The predicted octanol–water partition coefficient (Wildman–Crippen LogP) is 5.03. The van der Waals surface area contributed by atoms with Crippen LogP contribution in [0.15, 0.2) is 36.5 Å². The van der Waals surface area contributed by atoms with Crippen LogP contribution in [0, 0.1) is 0 Å². The van der Waals surface area contributed by atoms with Crippen LogP contribution in [0.1, 0.15) is 18.1 Å². The van der Waals surface area contributed by atoms with Gasteiger partial charge in [-0.05, 0) is 37.3 Å². The van der Waals surface area contributed by atoms with E-state index in [0.717, 1.165) is 22.7 Å². The Hall–Kier alpha value is -1.29. The number of imidazole rings is 1. The van der Waals surface area contributed by atoms with Crippen molar-refractivity contribution in [2.24, 2.45) is 0 Å². The fourth-order valence-corrected chi connectivity index (χ4v) is 2.49. The van der Waals surface area contributed by atoms with Gasteiger partial charge in [-0.2, -0.15) is 0 Å². The molecule has 3 nitrogen and oxygen atoms in total. The van der Waals surface area contributed by atoms with E-state index in [4.69, 9.17) is 34.8 Å². The van der Waals surface area contributed by atoms with Gasteiger partial charge in [-0.3, -0.25) is 4.57 Å². The Morgan fingerprint density at radius 1 is 1.10 bits per heavy atom. The summed E-state index contributed by atoms with van der Waals surface area (Å²) in [5.74, 6) is 0.721. The molecule has 0 radical (unpaired) electrons. The molecule has 0 saturated carbocycles. The van der Waals surface area contributed by atoms with Gasteiger partial charge >= 0.3 is 0 Å². The lowest BCUT2D eigenvalue weighted by atomic mass is 10.3. The predicted molar refractivity (Wildman–Crippen MR) is 83.2 cm³/mol. The standard InChI is InChI=1S/C14H10Cl3N3/c1-8(15)13-19-12-6-10(17)7-18-14(12)20(13)11-4-2-9(16)3-5-11/h2-8H,1H3. The van der Waals surface area contributed by atoms with Crippen LogP contribution in [0.5, 0.6) is 0 Å². The van der Waals surface area contributed by atoms with Crippen LogP contribution in [0.2, 0.25) is 10.0 Å². The summed E-state index contributed by atoms with van der Waals surface area (Å²) < 4.78 is 1.92. The Labute approximate surface area is 131 Å². The molecule has 0 aliphatic rings. The summed E-state index contributed by atoms with van der Waals surface area (Å²) in [4.78, 5) is 8.88. The topological polar surface area (TPSA) is 30.7 Å². The van der Waals surface area contributed by atoms with Crippen molar-refractivity contribution in [1.29, 1.82) is 0 Å². The number of pyridine rings is 1. The molecular formula is C14H10Cl3N3. The third kappa shape index (κ3) is 2.37. The average molecular weight is 327 g/mol. The van der Waals surface area contributed by atoms with E-state index in [1.807, 2.05) is 35.8 Å². The van der Waals surface area contributed by atoms with Gasteiger partial charge in [0.05, 0.1) is 10.4 Å². The number of hydrogen-bond donors (Lipinski definition) is 0. The Morgan fingerprint density at radius 3 is 2.45 bits per heavy atom. The average Bonchev–Trinajstić information content (AvgIpc) is 2.78. The fraction of sp³-hybridized carbons (Fsp3) is 0.143.